The molecule has 0 radical (unpaired) electrons. The predicted octanol–water partition coefficient (Wildman–Crippen LogP) is 3.02. The number of nitrogens with zero attached hydrogens (tertiary/aromatic N) is 2. The Morgan fingerprint density at radius 2 is 1.69 bits per heavy atom. The van der Waals surface area contributed by atoms with Crippen LogP contribution in [-0.4, -0.2) is 58.0 Å². The topological polar surface area (TPSA) is 79.0 Å². The lowest BCUT2D eigenvalue weighted by atomic mass is 10.1. The number of hydrogen-bond donors (Lipinski definition) is 1. The summed E-state index contributed by atoms with van der Waals surface area (Å²) in [6.45, 7) is 3.19. The van der Waals surface area contributed by atoms with Gasteiger partial charge in [-0.05, 0) is 49.1 Å². The number of carbonyl (C=O) groups is 1. The smallest absolute Gasteiger partial charge is 0.243 e. The highest BCUT2D eigenvalue weighted by molar-refractivity contribution is 7.89. The number of benzene rings is 2. The predicted molar refractivity (Wildman–Crippen MR) is 121 cm³/mol. The van der Waals surface area contributed by atoms with Gasteiger partial charge in [0.1, 0.15) is 11.5 Å². The first kappa shape index (κ1) is 22.7. The van der Waals surface area contributed by atoms with Gasteiger partial charge in [0.2, 0.25) is 15.9 Å². The maximum atomic E-state index is 14.4. The Labute approximate surface area is 188 Å². The number of hydrogen-bond acceptors (Lipinski definition) is 5. The molecular formula is C23H28FN3O4S. The Balaban J connectivity index is 1.37. The van der Waals surface area contributed by atoms with Crippen LogP contribution in [0.4, 0.5) is 15.8 Å². The number of para-hydroxylation sites is 1. The summed E-state index contributed by atoms with van der Waals surface area (Å²) in [5, 5.41) is 2.73. The van der Waals surface area contributed by atoms with E-state index in [1.54, 1.807) is 30.3 Å². The Morgan fingerprint density at radius 1 is 1.00 bits per heavy atom. The Morgan fingerprint density at radius 3 is 2.38 bits per heavy atom. The van der Waals surface area contributed by atoms with Gasteiger partial charge in [-0.1, -0.05) is 18.2 Å². The summed E-state index contributed by atoms with van der Waals surface area (Å²) in [5.74, 6) is -0.721. The fourth-order valence-corrected chi connectivity index (χ4v) is 5.49. The van der Waals surface area contributed by atoms with Crippen LogP contribution in [0, 0.1) is 5.82 Å². The van der Waals surface area contributed by atoms with Crippen molar-refractivity contribution in [3.63, 3.8) is 0 Å². The van der Waals surface area contributed by atoms with Gasteiger partial charge in [0.25, 0.3) is 0 Å². The minimum Gasteiger partial charge on any atom is -0.379 e. The molecular weight excluding hydrogens is 433 g/mol. The fourth-order valence-electron chi connectivity index (χ4n) is 4.08. The highest BCUT2D eigenvalue weighted by atomic mass is 32.2. The van der Waals surface area contributed by atoms with Crippen molar-refractivity contribution in [1.82, 2.24) is 4.31 Å². The third kappa shape index (κ3) is 5.11. The SMILES string of the molecule is O=C(CCc1ccc(S(=O)(=O)N2CCOCC2)cc1)Nc1c(F)cccc1N1CCCC1. The lowest BCUT2D eigenvalue weighted by Gasteiger charge is -2.26. The van der Waals surface area contributed by atoms with Crippen LogP contribution >= 0.6 is 0 Å². The fraction of sp³-hybridized carbons (Fsp3) is 0.435. The summed E-state index contributed by atoms with van der Waals surface area (Å²) in [6.07, 6.45) is 2.71. The summed E-state index contributed by atoms with van der Waals surface area (Å²) < 4.78 is 46.5. The zero-order chi connectivity index (χ0) is 22.6. The minimum atomic E-state index is -3.54. The second-order valence-electron chi connectivity index (χ2n) is 8.04. The summed E-state index contributed by atoms with van der Waals surface area (Å²) in [5.41, 5.74) is 1.79. The van der Waals surface area contributed by atoms with E-state index in [0.29, 0.717) is 38.4 Å². The lowest BCUT2D eigenvalue weighted by Crippen LogP contribution is -2.40. The Kier molecular flexibility index (Phi) is 7.07. The molecule has 7 nitrogen and oxygen atoms in total. The number of ether oxygens (including phenoxy) is 1. The first-order valence-electron chi connectivity index (χ1n) is 11.0. The number of rotatable bonds is 7. The molecule has 0 aromatic heterocycles. The van der Waals surface area contributed by atoms with Crippen LogP contribution in [0.2, 0.25) is 0 Å². The molecule has 172 valence electrons. The van der Waals surface area contributed by atoms with Gasteiger partial charge in [-0.25, -0.2) is 12.8 Å². The second kappa shape index (κ2) is 9.97. The monoisotopic (exact) mass is 461 g/mol. The van der Waals surface area contributed by atoms with Crippen LogP contribution in [0.3, 0.4) is 0 Å². The van der Waals surface area contributed by atoms with Crippen molar-refractivity contribution in [3.05, 3.63) is 53.8 Å². The van der Waals surface area contributed by atoms with Gasteiger partial charge in [0, 0.05) is 32.6 Å². The van der Waals surface area contributed by atoms with Gasteiger partial charge in [-0.3, -0.25) is 4.79 Å². The molecule has 32 heavy (non-hydrogen) atoms. The molecule has 0 saturated carbocycles. The number of morpholine rings is 1. The van der Waals surface area contributed by atoms with Crippen molar-refractivity contribution in [3.8, 4) is 0 Å². The molecule has 0 unspecified atom stereocenters. The van der Waals surface area contributed by atoms with E-state index in [2.05, 4.69) is 10.2 Å². The molecule has 9 heteroatoms. The average molecular weight is 462 g/mol. The van der Waals surface area contributed by atoms with Gasteiger partial charge in [0.15, 0.2) is 0 Å². The second-order valence-corrected chi connectivity index (χ2v) is 9.97. The zero-order valence-corrected chi connectivity index (χ0v) is 18.7. The van der Waals surface area contributed by atoms with Gasteiger partial charge >= 0.3 is 0 Å². The number of amides is 1. The van der Waals surface area contributed by atoms with Crippen molar-refractivity contribution in [2.45, 2.75) is 30.6 Å². The first-order chi connectivity index (χ1) is 15.4. The normalized spacial score (nSPS) is 17.5. The molecule has 2 aromatic rings. The van der Waals surface area contributed by atoms with Crippen molar-refractivity contribution >= 4 is 27.3 Å². The molecule has 2 fully saturated rings. The maximum Gasteiger partial charge on any atom is 0.243 e. The molecule has 2 aromatic carbocycles. The van der Waals surface area contributed by atoms with Gasteiger partial charge in [-0.15, -0.1) is 0 Å². The van der Waals surface area contributed by atoms with E-state index < -0.39 is 15.8 Å². The van der Waals surface area contributed by atoms with E-state index in [-0.39, 0.29) is 22.9 Å². The molecule has 2 saturated heterocycles. The van der Waals surface area contributed by atoms with Gasteiger partial charge < -0.3 is 15.0 Å². The van der Waals surface area contributed by atoms with Crippen LogP contribution in [0.15, 0.2) is 47.4 Å². The number of sulfonamides is 1. The van der Waals surface area contributed by atoms with Crippen LogP contribution in [-0.2, 0) is 26.0 Å². The third-order valence-electron chi connectivity index (χ3n) is 5.87. The quantitative estimate of drug-likeness (QED) is 0.686. The largest absolute Gasteiger partial charge is 0.379 e. The highest BCUT2D eigenvalue weighted by Gasteiger charge is 2.26. The molecule has 4 rings (SSSR count). The average Bonchev–Trinajstić information content (AvgIpc) is 3.35. The number of carbonyl (C=O) groups excluding carboxylic acids is 1. The summed E-state index contributed by atoms with van der Waals surface area (Å²) >= 11 is 0. The summed E-state index contributed by atoms with van der Waals surface area (Å²) in [6, 6.07) is 11.4. The van der Waals surface area contributed by atoms with E-state index in [9.17, 15) is 17.6 Å². The van der Waals surface area contributed by atoms with Gasteiger partial charge in [0.05, 0.1) is 23.8 Å². The van der Waals surface area contributed by atoms with Crippen LogP contribution < -0.4 is 10.2 Å². The van der Waals surface area contributed by atoms with Crippen molar-refractivity contribution in [1.29, 1.82) is 0 Å². The van der Waals surface area contributed by atoms with E-state index in [4.69, 9.17) is 4.74 Å². The maximum absolute atomic E-state index is 14.4. The number of aryl methyl sites for hydroxylation is 1. The van der Waals surface area contributed by atoms with Crippen molar-refractivity contribution < 1.29 is 22.3 Å². The van der Waals surface area contributed by atoms with Crippen molar-refractivity contribution in [2.75, 3.05) is 49.6 Å². The molecule has 0 atom stereocenters. The lowest BCUT2D eigenvalue weighted by molar-refractivity contribution is -0.116. The molecule has 1 amide bonds. The molecule has 2 aliphatic heterocycles. The van der Waals surface area contributed by atoms with Crippen molar-refractivity contribution in [2.24, 2.45) is 0 Å². The molecule has 1 N–H and O–H groups in total. The molecule has 0 bridgehead atoms. The summed E-state index contributed by atoms with van der Waals surface area (Å²) in [4.78, 5) is 14.8. The number of nitrogens with one attached hydrogen (secondary N) is 1. The molecule has 2 heterocycles. The Hall–Kier alpha value is -2.49. The van der Waals surface area contributed by atoms with E-state index in [1.807, 2.05) is 6.07 Å². The summed E-state index contributed by atoms with van der Waals surface area (Å²) in [7, 11) is -3.54. The minimum absolute atomic E-state index is 0.170. The molecule has 2 aliphatic rings. The van der Waals surface area contributed by atoms with E-state index in [1.165, 1.54) is 10.4 Å². The number of halogens is 1. The number of anilines is 2. The third-order valence-corrected chi connectivity index (χ3v) is 7.79. The molecule has 0 aliphatic carbocycles. The Bertz CT molecular complexity index is 1050. The van der Waals surface area contributed by atoms with E-state index >= 15 is 0 Å². The highest BCUT2D eigenvalue weighted by Crippen LogP contribution is 2.31. The van der Waals surface area contributed by atoms with E-state index in [0.717, 1.165) is 31.5 Å². The van der Waals surface area contributed by atoms with Crippen LogP contribution in [0.5, 0.6) is 0 Å². The van der Waals surface area contributed by atoms with Crippen LogP contribution in [0.25, 0.3) is 0 Å². The standard InChI is InChI=1S/C23H28FN3O4S/c24-20-4-3-5-21(26-12-1-2-13-26)23(20)25-22(28)11-8-18-6-9-19(10-7-18)32(29,30)27-14-16-31-17-15-27/h3-7,9-10H,1-2,8,11-17H2,(H,25,28). The zero-order valence-electron chi connectivity index (χ0n) is 17.9. The first-order valence-corrected chi connectivity index (χ1v) is 12.4. The van der Waals surface area contributed by atoms with Crippen LogP contribution in [0.1, 0.15) is 24.8 Å². The molecule has 0 spiro atoms. The van der Waals surface area contributed by atoms with Gasteiger partial charge in [-0.2, -0.15) is 4.31 Å².